The van der Waals surface area contributed by atoms with E-state index < -0.39 is 12.1 Å². The van der Waals surface area contributed by atoms with Crippen LogP contribution in [0.1, 0.15) is 60.7 Å². The molecule has 0 radical (unpaired) electrons. The number of nitrogens with zero attached hydrogens (tertiary/aromatic N) is 7. The van der Waals surface area contributed by atoms with E-state index in [9.17, 15) is 14.7 Å². The fourth-order valence-electron chi connectivity index (χ4n) is 4.33. The minimum Gasteiger partial charge on any atom is -0.465 e. The Bertz CT molecular complexity index is 1520. The molecule has 202 valence electrons. The number of anilines is 2. The van der Waals surface area contributed by atoms with E-state index in [1.807, 2.05) is 46.0 Å². The number of aromatic nitrogens is 6. The van der Waals surface area contributed by atoms with Crippen LogP contribution >= 0.6 is 0 Å². The highest BCUT2D eigenvalue weighted by Gasteiger charge is 2.28. The van der Waals surface area contributed by atoms with Crippen molar-refractivity contribution >= 4 is 23.6 Å². The van der Waals surface area contributed by atoms with Crippen molar-refractivity contribution in [1.82, 2.24) is 39.9 Å². The highest BCUT2D eigenvalue weighted by molar-refractivity contribution is 5.92. The SMILES string of the molecule is Cn1cc(Nc2ncnc(-c3ccc4c(c3)CN(C(=O)O)CC[C@H]4NC(=O)c3coc(C(C)(C)C)n3)n2)cn1. The van der Waals surface area contributed by atoms with Gasteiger partial charge in [-0.2, -0.15) is 10.1 Å². The van der Waals surface area contributed by atoms with Gasteiger partial charge < -0.3 is 25.1 Å². The quantitative estimate of drug-likeness (QED) is 0.346. The number of rotatable bonds is 5. The number of carbonyl (C=O) groups excluding carboxylic acids is 1. The Morgan fingerprint density at radius 3 is 2.69 bits per heavy atom. The molecule has 0 spiro atoms. The molecule has 13 nitrogen and oxygen atoms in total. The van der Waals surface area contributed by atoms with E-state index in [1.54, 1.807) is 17.1 Å². The number of hydrogen-bond donors (Lipinski definition) is 3. The van der Waals surface area contributed by atoms with Crippen LogP contribution in [0.5, 0.6) is 0 Å². The lowest BCUT2D eigenvalue weighted by Crippen LogP contribution is -2.32. The first-order chi connectivity index (χ1) is 18.6. The van der Waals surface area contributed by atoms with Crippen molar-refractivity contribution in [2.24, 2.45) is 7.05 Å². The van der Waals surface area contributed by atoms with Crippen LogP contribution in [0.15, 0.2) is 47.6 Å². The number of nitrogens with one attached hydrogen (secondary N) is 2. The van der Waals surface area contributed by atoms with Gasteiger partial charge in [0, 0.05) is 37.3 Å². The third-order valence-corrected chi connectivity index (χ3v) is 6.31. The van der Waals surface area contributed by atoms with E-state index in [2.05, 4.69) is 35.7 Å². The fourth-order valence-corrected chi connectivity index (χ4v) is 4.33. The first kappa shape index (κ1) is 25.8. The first-order valence-corrected chi connectivity index (χ1v) is 12.4. The van der Waals surface area contributed by atoms with Crippen LogP contribution in [0.2, 0.25) is 0 Å². The van der Waals surface area contributed by atoms with E-state index in [1.165, 1.54) is 17.5 Å². The minimum atomic E-state index is -1.03. The number of carboxylic acid groups (broad SMARTS) is 1. The Kier molecular flexibility index (Phi) is 6.73. The van der Waals surface area contributed by atoms with Crippen LogP contribution in [-0.2, 0) is 19.0 Å². The number of aryl methyl sites for hydroxylation is 1. The molecule has 3 N–H and O–H groups in total. The Morgan fingerprint density at radius 2 is 2.00 bits per heavy atom. The van der Waals surface area contributed by atoms with Gasteiger partial charge in [0.15, 0.2) is 17.4 Å². The van der Waals surface area contributed by atoms with Crippen LogP contribution in [0.25, 0.3) is 11.4 Å². The number of fused-ring (bicyclic) bond motifs is 1. The van der Waals surface area contributed by atoms with Gasteiger partial charge in [0.25, 0.3) is 5.91 Å². The lowest BCUT2D eigenvalue weighted by Gasteiger charge is -2.19. The summed E-state index contributed by atoms with van der Waals surface area (Å²) in [5.74, 6) is 0.845. The number of benzene rings is 1. The largest absolute Gasteiger partial charge is 0.465 e. The summed E-state index contributed by atoms with van der Waals surface area (Å²) >= 11 is 0. The molecule has 5 rings (SSSR count). The summed E-state index contributed by atoms with van der Waals surface area (Å²) in [7, 11) is 1.81. The number of hydrogen-bond acceptors (Lipinski definition) is 9. The molecule has 0 saturated carbocycles. The van der Waals surface area contributed by atoms with Gasteiger partial charge in [0.05, 0.1) is 17.9 Å². The van der Waals surface area contributed by atoms with Crippen LogP contribution in [0.4, 0.5) is 16.4 Å². The lowest BCUT2D eigenvalue weighted by molar-refractivity contribution is 0.0928. The number of oxazole rings is 1. The molecule has 1 aliphatic rings. The van der Waals surface area contributed by atoms with E-state index in [4.69, 9.17) is 4.42 Å². The lowest BCUT2D eigenvalue weighted by atomic mass is 9.96. The summed E-state index contributed by atoms with van der Waals surface area (Å²) < 4.78 is 7.17. The van der Waals surface area contributed by atoms with E-state index in [0.29, 0.717) is 29.6 Å². The van der Waals surface area contributed by atoms with Gasteiger partial charge in [-0.05, 0) is 23.6 Å². The van der Waals surface area contributed by atoms with Crippen molar-refractivity contribution in [1.29, 1.82) is 0 Å². The first-order valence-electron chi connectivity index (χ1n) is 12.4. The molecule has 0 fully saturated rings. The van der Waals surface area contributed by atoms with Crippen LogP contribution < -0.4 is 10.6 Å². The molecule has 0 saturated heterocycles. The molecule has 13 heteroatoms. The Balaban J connectivity index is 1.43. The van der Waals surface area contributed by atoms with Crippen molar-refractivity contribution in [2.45, 2.75) is 45.2 Å². The molecule has 1 aromatic carbocycles. The molecular weight excluding hydrogens is 502 g/mol. The van der Waals surface area contributed by atoms with Crippen molar-refractivity contribution in [3.8, 4) is 11.4 Å². The van der Waals surface area contributed by atoms with E-state index >= 15 is 0 Å². The third kappa shape index (κ3) is 5.71. The second-order valence-corrected chi connectivity index (χ2v) is 10.4. The predicted octanol–water partition coefficient (Wildman–Crippen LogP) is 3.66. The summed E-state index contributed by atoms with van der Waals surface area (Å²) in [6, 6.07) is 5.15. The van der Waals surface area contributed by atoms with Gasteiger partial charge in [0.1, 0.15) is 12.6 Å². The zero-order valence-corrected chi connectivity index (χ0v) is 22.0. The topological polar surface area (TPSA) is 164 Å². The van der Waals surface area contributed by atoms with E-state index in [0.717, 1.165) is 16.8 Å². The standard InChI is InChI=1S/C26H29N9O4/c1-26(2,3)23-32-20(13-39-23)22(36)31-19-7-8-35(25(37)38)11-16-9-15(5-6-18(16)19)21-27-14-28-24(33-21)30-17-10-29-34(4)12-17/h5-6,9-10,12-14,19H,7-8,11H2,1-4H3,(H,31,36)(H,37,38)(H,27,28,30,33)/t19-/m1/s1. The summed E-state index contributed by atoms with van der Waals surface area (Å²) in [5, 5.41) is 20.0. The molecule has 3 aromatic heterocycles. The molecule has 1 aliphatic heterocycles. The summed E-state index contributed by atoms with van der Waals surface area (Å²) in [6.07, 6.45) is 5.57. The predicted molar refractivity (Wildman–Crippen MR) is 140 cm³/mol. The monoisotopic (exact) mass is 531 g/mol. The van der Waals surface area contributed by atoms with Crippen molar-refractivity contribution < 1.29 is 19.1 Å². The van der Waals surface area contributed by atoms with Gasteiger partial charge in [-0.1, -0.05) is 32.9 Å². The van der Waals surface area contributed by atoms with Gasteiger partial charge in [-0.25, -0.2) is 19.7 Å². The molecule has 0 unspecified atom stereocenters. The van der Waals surface area contributed by atoms with Gasteiger partial charge in [-0.3, -0.25) is 9.48 Å². The Morgan fingerprint density at radius 1 is 1.18 bits per heavy atom. The number of carbonyl (C=O) groups is 2. The molecule has 39 heavy (non-hydrogen) atoms. The van der Waals surface area contributed by atoms with Gasteiger partial charge in [0.2, 0.25) is 5.95 Å². The average molecular weight is 532 g/mol. The summed E-state index contributed by atoms with van der Waals surface area (Å²) in [6.45, 7) is 6.26. The maximum absolute atomic E-state index is 13.1. The summed E-state index contributed by atoms with van der Waals surface area (Å²) in [4.78, 5) is 43.6. The molecule has 4 heterocycles. The van der Waals surface area contributed by atoms with Crippen molar-refractivity contribution in [3.05, 3.63) is 65.9 Å². The third-order valence-electron chi connectivity index (χ3n) is 6.31. The van der Waals surface area contributed by atoms with Crippen LogP contribution in [0.3, 0.4) is 0 Å². The highest BCUT2D eigenvalue weighted by Crippen LogP contribution is 2.31. The summed E-state index contributed by atoms with van der Waals surface area (Å²) in [5.41, 5.74) is 2.82. The Labute approximate surface area is 224 Å². The van der Waals surface area contributed by atoms with Gasteiger partial charge >= 0.3 is 6.09 Å². The van der Waals surface area contributed by atoms with E-state index in [-0.39, 0.29) is 30.1 Å². The Hall–Kier alpha value is -4.81. The van der Waals surface area contributed by atoms with Gasteiger partial charge in [-0.15, -0.1) is 0 Å². The van der Waals surface area contributed by atoms with Crippen molar-refractivity contribution in [3.63, 3.8) is 0 Å². The zero-order valence-electron chi connectivity index (χ0n) is 22.0. The van der Waals surface area contributed by atoms with Crippen LogP contribution in [0, 0.1) is 0 Å². The average Bonchev–Trinajstić information content (AvgIpc) is 3.51. The molecule has 2 amide bonds. The smallest absolute Gasteiger partial charge is 0.407 e. The second kappa shape index (κ2) is 10.2. The highest BCUT2D eigenvalue weighted by atomic mass is 16.4. The number of amides is 2. The maximum Gasteiger partial charge on any atom is 0.407 e. The zero-order chi connectivity index (χ0) is 27.7. The molecule has 0 bridgehead atoms. The second-order valence-electron chi connectivity index (χ2n) is 10.4. The normalized spacial score (nSPS) is 15.4. The molecule has 4 aromatic rings. The minimum absolute atomic E-state index is 0.162. The molecule has 0 aliphatic carbocycles. The molecule has 1 atom stereocenters. The van der Waals surface area contributed by atoms with Crippen molar-refractivity contribution in [2.75, 3.05) is 11.9 Å². The fraction of sp³-hybridized carbons (Fsp3) is 0.346. The van der Waals surface area contributed by atoms with Crippen LogP contribution in [-0.4, -0.2) is 58.3 Å². The molecular formula is C26H29N9O4. The maximum atomic E-state index is 13.1.